The fraction of sp³-hybridized carbons (Fsp3) is 0.500. The highest BCUT2D eigenvalue weighted by Gasteiger charge is 2.41. The van der Waals surface area contributed by atoms with Crippen LogP contribution in [-0.2, 0) is 11.3 Å². The van der Waals surface area contributed by atoms with E-state index in [0.717, 1.165) is 64.1 Å². The lowest BCUT2D eigenvalue weighted by atomic mass is 9.87. The lowest BCUT2D eigenvalue weighted by molar-refractivity contribution is 0.0798. The Morgan fingerprint density at radius 2 is 1.92 bits per heavy atom. The van der Waals surface area contributed by atoms with E-state index < -0.39 is 0 Å². The zero-order chi connectivity index (χ0) is 17.8. The van der Waals surface area contributed by atoms with Gasteiger partial charge in [-0.1, -0.05) is 12.1 Å². The van der Waals surface area contributed by atoms with E-state index in [9.17, 15) is 0 Å². The quantitative estimate of drug-likeness (QED) is 0.839. The largest absolute Gasteiger partial charge is 0.497 e. The van der Waals surface area contributed by atoms with Gasteiger partial charge in [0.2, 0.25) is 5.95 Å². The first-order valence-electron chi connectivity index (χ1n) is 9.21. The van der Waals surface area contributed by atoms with E-state index in [-0.39, 0.29) is 5.41 Å². The molecule has 4 rings (SSSR count). The van der Waals surface area contributed by atoms with Crippen LogP contribution in [0.1, 0.15) is 12.0 Å². The summed E-state index contributed by atoms with van der Waals surface area (Å²) >= 11 is 0. The summed E-state index contributed by atoms with van der Waals surface area (Å²) in [6, 6.07) is 10.2. The molecule has 0 unspecified atom stereocenters. The van der Waals surface area contributed by atoms with E-state index in [1.54, 1.807) is 7.11 Å². The number of anilines is 1. The van der Waals surface area contributed by atoms with Crippen molar-refractivity contribution in [2.24, 2.45) is 5.41 Å². The molecule has 6 nitrogen and oxygen atoms in total. The van der Waals surface area contributed by atoms with E-state index in [1.807, 2.05) is 30.6 Å². The highest BCUT2D eigenvalue weighted by Crippen LogP contribution is 2.35. The SMILES string of the molecule is COc1ccc(CN2CCOC[C@@]3(CCN(c4ncccn4)C3)C2)cc1. The van der Waals surface area contributed by atoms with Gasteiger partial charge in [0.05, 0.1) is 20.3 Å². The van der Waals surface area contributed by atoms with Crippen LogP contribution in [-0.4, -0.2) is 61.4 Å². The molecule has 2 saturated heterocycles. The molecule has 6 heteroatoms. The van der Waals surface area contributed by atoms with Gasteiger partial charge in [-0.05, 0) is 30.2 Å². The first kappa shape index (κ1) is 17.2. The molecule has 1 spiro atoms. The summed E-state index contributed by atoms with van der Waals surface area (Å²) in [5.74, 6) is 1.73. The third-order valence-electron chi connectivity index (χ3n) is 5.36. The van der Waals surface area contributed by atoms with Crippen LogP contribution in [0.4, 0.5) is 5.95 Å². The highest BCUT2D eigenvalue weighted by atomic mass is 16.5. The molecule has 1 aromatic heterocycles. The van der Waals surface area contributed by atoms with Crippen LogP contribution in [0, 0.1) is 5.41 Å². The molecule has 138 valence electrons. The van der Waals surface area contributed by atoms with Crippen molar-refractivity contribution in [3.63, 3.8) is 0 Å². The molecule has 0 N–H and O–H groups in total. The minimum atomic E-state index is 0.155. The molecule has 2 aliphatic heterocycles. The molecule has 0 aliphatic carbocycles. The molecule has 0 saturated carbocycles. The summed E-state index contributed by atoms with van der Waals surface area (Å²) in [7, 11) is 1.70. The lowest BCUT2D eigenvalue weighted by Gasteiger charge is -2.31. The van der Waals surface area contributed by atoms with Gasteiger partial charge in [-0.3, -0.25) is 4.90 Å². The first-order valence-corrected chi connectivity index (χ1v) is 9.21. The van der Waals surface area contributed by atoms with Gasteiger partial charge in [-0.25, -0.2) is 9.97 Å². The third-order valence-corrected chi connectivity index (χ3v) is 5.36. The van der Waals surface area contributed by atoms with Crippen LogP contribution in [0.2, 0.25) is 0 Å². The second-order valence-electron chi connectivity index (χ2n) is 7.33. The molecule has 3 heterocycles. The summed E-state index contributed by atoms with van der Waals surface area (Å²) in [5.41, 5.74) is 1.46. The van der Waals surface area contributed by atoms with Gasteiger partial charge < -0.3 is 14.4 Å². The zero-order valence-corrected chi connectivity index (χ0v) is 15.3. The van der Waals surface area contributed by atoms with Gasteiger partial charge in [0.15, 0.2) is 0 Å². The topological polar surface area (TPSA) is 50.7 Å². The molecule has 1 atom stereocenters. The van der Waals surface area contributed by atoms with Crippen LogP contribution >= 0.6 is 0 Å². The Bertz CT molecular complexity index is 710. The Morgan fingerprint density at radius 1 is 1.12 bits per heavy atom. The summed E-state index contributed by atoms with van der Waals surface area (Å²) in [6.07, 6.45) is 4.74. The van der Waals surface area contributed by atoms with Crippen molar-refractivity contribution in [3.8, 4) is 5.75 Å². The minimum Gasteiger partial charge on any atom is -0.497 e. The second kappa shape index (κ2) is 7.60. The average Bonchev–Trinajstić information content (AvgIpc) is 3.00. The maximum absolute atomic E-state index is 5.99. The molecular weight excluding hydrogens is 328 g/mol. The van der Waals surface area contributed by atoms with Gasteiger partial charge in [-0.2, -0.15) is 0 Å². The van der Waals surface area contributed by atoms with Crippen molar-refractivity contribution in [1.29, 1.82) is 0 Å². The van der Waals surface area contributed by atoms with Crippen LogP contribution < -0.4 is 9.64 Å². The Hall–Kier alpha value is -2.18. The number of rotatable bonds is 4. The molecule has 1 aromatic carbocycles. The molecule has 0 bridgehead atoms. The first-order chi connectivity index (χ1) is 12.8. The molecular formula is C20H26N4O2. The van der Waals surface area contributed by atoms with E-state index in [1.165, 1.54) is 5.56 Å². The molecule has 2 fully saturated rings. The number of hydrogen-bond donors (Lipinski definition) is 0. The van der Waals surface area contributed by atoms with Gasteiger partial charge in [-0.15, -0.1) is 0 Å². The Kier molecular flexibility index (Phi) is 5.04. The van der Waals surface area contributed by atoms with Crippen molar-refractivity contribution in [3.05, 3.63) is 48.3 Å². The van der Waals surface area contributed by atoms with Crippen molar-refractivity contribution >= 4 is 5.95 Å². The maximum atomic E-state index is 5.99. The standard InChI is InChI=1S/C20H26N4O2/c1-25-18-5-3-17(4-6-18)13-23-11-12-26-16-20(14-23)7-10-24(15-20)19-21-8-2-9-22-19/h2-6,8-9H,7,10-16H2,1H3/t20-/m0/s1. The lowest BCUT2D eigenvalue weighted by Crippen LogP contribution is -2.40. The van der Waals surface area contributed by atoms with Crippen molar-refractivity contribution in [2.45, 2.75) is 13.0 Å². The number of methoxy groups -OCH3 is 1. The Labute approximate surface area is 154 Å². The fourth-order valence-electron chi connectivity index (χ4n) is 4.01. The maximum Gasteiger partial charge on any atom is 0.225 e. The van der Waals surface area contributed by atoms with Crippen LogP contribution in [0.15, 0.2) is 42.7 Å². The zero-order valence-electron chi connectivity index (χ0n) is 15.3. The normalized spacial score (nSPS) is 24.0. The third kappa shape index (κ3) is 3.81. The van der Waals surface area contributed by atoms with Crippen LogP contribution in [0.25, 0.3) is 0 Å². The van der Waals surface area contributed by atoms with Gasteiger partial charge in [0.1, 0.15) is 5.75 Å². The van der Waals surface area contributed by atoms with Crippen molar-refractivity contribution in [1.82, 2.24) is 14.9 Å². The summed E-state index contributed by atoms with van der Waals surface area (Å²) in [5, 5.41) is 0. The van der Waals surface area contributed by atoms with E-state index in [4.69, 9.17) is 9.47 Å². The molecule has 2 aliphatic rings. The fourth-order valence-corrected chi connectivity index (χ4v) is 4.01. The minimum absolute atomic E-state index is 0.155. The summed E-state index contributed by atoms with van der Waals surface area (Å²) < 4.78 is 11.2. The Balaban J connectivity index is 1.44. The smallest absolute Gasteiger partial charge is 0.225 e. The summed E-state index contributed by atoms with van der Waals surface area (Å²) in [4.78, 5) is 13.6. The molecule has 2 aromatic rings. The van der Waals surface area contributed by atoms with Gasteiger partial charge in [0, 0.05) is 50.5 Å². The van der Waals surface area contributed by atoms with E-state index in [0.29, 0.717) is 0 Å². The predicted molar refractivity (Wildman–Crippen MR) is 100 cm³/mol. The van der Waals surface area contributed by atoms with Crippen molar-refractivity contribution in [2.75, 3.05) is 51.4 Å². The number of hydrogen-bond acceptors (Lipinski definition) is 6. The number of benzene rings is 1. The predicted octanol–water partition coefficient (Wildman–Crippen LogP) is 2.21. The summed E-state index contributed by atoms with van der Waals surface area (Å²) in [6.45, 7) is 6.50. The second-order valence-corrected chi connectivity index (χ2v) is 7.33. The molecule has 0 radical (unpaired) electrons. The van der Waals surface area contributed by atoms with Crippen molar-refractivity contribution < 1.29 is 9.47 Å². The van der Waals surface area contributed by atoms with E-state index >= 15 is 0 Å². The van der Waals surface area contributed by atoms with Crippen LogP contribution in [0.5, 0.6) is 5.75 Å². The number of aromatic nitrogens is 2. The van der Waals surface area contributed by atoms with Crippen LogP contribution in [0.3, 0.4) is 0 Å². The monoisotopic (exact) mass is 354 g/mol. The van der Waals surface area contributed by atoms with Gasteiger partial charge >= 0.3 is 0 Å². The number of ether oxygens (including phenoxy) is 2. The van der Waals surface area contributed by atoms with E-state index in [2.05, 4.69) is 31.9 Å². The molecule has 0 amide bonds. The van der Waals surface area contributed by atoms with Gasteiger partial charge in [0.25, 0.3) is 0 Å². The molecule has 26 heavy (non-hydrogen) atoms. The Morgan fingerprint density at radius 3 is 2.69 bits per heavy atom. The highest BCUT2D eigenvalue weighted by molar-refractivity contribution is 5.32. The number of nitrogens with zero attached hydrogens (tertiary/aromatic N) is 4. The average molecular weight is 354 g/mol.